The number of amides is 2. The van der Waals surface area contributed by atoms with Crippen LogP contribution in [-0.2, 0) is 15.2 Å². The average molecular weight is 437 g/mol. The molecule has 3 rings (SSSR count). The van der Waals surface area contributed by atoms with Crippen LogP contribution in [0.1, 0.15) is 58.4 Å². The van der Waals surface area contributed by atoms with Crippen LogP contribution in [0.4, 0.5) is 0 Å². The summed E-state index contributed by atoms with van der Waals surface area (Å²) in [5, 5.41) is 24.7. The van der Waals surface area contributed by atoms with Gasteiger partial charge in [-0.05, 0) is 49.8 Å². The molecule has 1 aliphatic carbocycles. The van der Waals surface area contributed by atoms with Gasteiger partial charge < -0.3 is 20.4 Å². The number of aliphatic hydroxyl groups is 2. The highest BCUT2D eigenvalue weighted by molar-refractivity contribution is 6.30. The number of hydrogen-bond donors (Lipinski definition) is 3. The van der Waals surface area contributed by atoms with Gasteiger partial charge in [-0.15, -0.1) is 0 Å². The summed E-state index contributed by atoms with van der Waals surface area (Å²) in [7, 11) is 0. The molecule has 2 fully saturated rings. The normalized spacial score (nSPS) is 29.5. The Morgan fingerprint density at radius 2 is 1.93 bits per heavy atom. The van der Waals surface area contributed by atoms with Gasteiger partial charge >= 0.3 is 0 Å². The molecule has 1 aromatic carbocycles. The molecule has 1 heterocycles. The topological polar surface area (TPSA) is 89.9 Å². The molecule has 30 heavy (non-hydrogen) atoms. The molecule has 2 aliphatic rings. The van der Waals surface area contributed by atoms with Crippen LogP contribution in [0.2, 0.25) is 5.02 Å². The van der Waals surface area contributed by atoms with Crippen molar-refractivity contribution >= 4 is 23.4 Å². The smallest absolute Gasteiger partial charge is 0.245 e. The molecule has 0 radical (unpaired) electrons. The first kappa shape index (κ1) is 23.0. The van der Waals surface area contributed by atoms with E-state index in [1.165, 1.54) is 0 Å². The number of rotatable bonds is 5. The third-order valence-corrected chi connectivity index (χ3v) is 7.13. The zero-order valence-electron chi connectivity index (χ0n) is 18.0. The zero-order valence-corrected chi connectivity index (χ0v) is 18.8. The molecule has 1 aromatic rings. The van der Waals surface area contributed by atoms with Gasteiger partial charge in [0.15, 0.2) is 0 Å². The molecule has 2 amide bonds. The molecule has 0 bridgehead atoms. The van der Waals surface area contributed by atoms with Gasteiger partial charge in [0.1, 0.15) is 6.04 Å². The molecule has 1 saturated heterocycles. The highest BCUT2D eigenvalue weighted by Crippen LogP contribution is 2.46. The highest BCUT2D eigenvalue weighted by Gasteiger charge is 2.50. The molecular formula is C23H33ClN2O4. The summed E-state index contributed by atoms with van der Waals surface area (Å²) in [6.45, 7) is 6.60. The van der Waals surface area contributed by atoms with Crippen LogP contribution in [0.5, 0.6) is 0 Å². The van der Waals surface area contributed by atoms with E-state index in [0.717, 1.165) is 5.56 Å². The van der Waals surface area contributed by atoms with Crippen LogP contribution < -0.4 is 5.32 Å². The van der Waals surface area contributed by atoms with E-state index in [2.05, 4.69) is 5.32 Å². The van der Waals surface area contributed by atoms with Crippen molar-refractivity contribution in [3.05, 3.63) is 34.9 Å². The fourth-order valence-corrected chi connectivity index (χ4v) is 4.94. The average Bonchev–Trinajstić information content (AvgIpc) is 3.14. The minimum absolute atomic E-state index is 0.115. The second-order valence-electron chi connectivity index (χ2n) is 9.39. The third-order valence-electron chi connectivity index (χ3n) is 6.88. The number of aliphatic hydroxyl groups excluding tert-OH is 1. The lowest BCUT2D eigenvalue weighted by molar-refractivity contribution is -0.156. The van der Waals surface area contributed by atoms with Crippen LogP contribution in [0.25, 0.3) is 0 Å². The monoisotopic (exact) mass is 436 g/mol. The number of carbonyl (C=O) groups excluding carboxylic acids is 2. The number of hydrogen-bond acceptors (Lipinski definition) is 4. The summed E-state index contributed by atoms with van der Waals surface area (Å²) < 4.78 is 0. The largest absolute Gasteiger partial charge is 0.393 e. The molecule has 166 valence electrons. The van der Waals surface area contributed by atoms with E-state index in [4.69, 9.17) is 11.6 Å². The predicted molar refractivity (Wildman–Crippen MR) is 116 cm³/mol. The van der Waals surface area contributed by atoms with E-state index in [1.54, 1.807) is 17.0 Å². The summed E-state index contributed by atoms with van der Waals surface area (Å²) >= 11 is 6.00. The first-order valence-electron chi connectivity index (χ1n) is 10.8. The molecule has 6 nitrogen and oxygen atoms in total. The van der Waals surface area contributed by atoms with Crippen molar-refractivity contribution in [2.75, 3.05) is 13.1 Å². The maximum Gasteiger partial charge on any atom is 0.245 e. The molecule has 7 heteroatoms. The molecule has 1 saturated carbocycles. The van der Waals surface area contributed by atoms with Gasteiger partial charge in [-0.3, -0.25) is 9.59 Å². The van der Waals surface area contributed by atoms with Crippen molar-refractivity contribution in [2.45, 2.75) is 70.6 Å². The molecular weight excluding hydrogens is 404 g/mol. The predicted octanol–water partition coefficient (Wildman–Crippen LogP) is 2.84. The number of nitrogens with one attached hydrogen (secondary N) is 1. The first-order chi connectivity index (χ1) is 14.1. The van der Waals surface area contributed by atoms with Crippen molar-refractivity contribution < 1.29 is 19.8 Å². The van der Waals surface area contributed by atoms with E-state index < -0.39 is 23.2 Å². The van der Waals surface area contributed by atoms with E-state index in [0.29, 0.717) is 50.2 Å². The maximum atomic E-state index is 13.2. The number of piperidine rings is 1. The lowest BCUT2D eigenvalue weighted by Crippen LogP contribution is -2.59. The summed E-state index contributed by atoms with van der Waals surface area (Å²) in [6.07, 6.45) is 2.23. The van der Waals surface area contributed by atoms with Crippen molar-refractivity contribution in [1.29, 1.82) is 0 Å². The fourth-order valence-electron chi connectivity index (χ4n) is 4.82. The van der Waals surface area contributed by atoms with Crippen molar-refractivity contribution in [3.8, 4) is 0 Å². The van der Waals surface area contributed by atoms with Crippen molar-refractivity contribution in [3.63, 3.8) is 0 Å². The van der Waals surface area contributed by atoms with Gasteiger partial charge in [0.05, 0.1) is 11.7 Å². The van der Waals surface area contributed by atoms with E-state index >= 15 is 0 Å². The van der Waals surface area contributed by atoms with Crippen LogP contribution in [0.15, 0.2) is 24.3 Å². The Morgan fingerprint density at radius 3 is 2.47 bits per heavy atom. The highest BCUT2D eigenvalue weighted by atomic mass is 35.5. The van der Waals surface area contributed by atoms with Gasteiger partial charge in [-0.2, -0.15) is 0 Å². The van der Waals surface area contributed by atoms with Gasteiger partial charge in [-0.25, -0.2) is 0 Å². The Balaban J connectivity index is 1.68. The SMILES string of the molecule is CC[C@@H](NC(=O)[C@H]1CC[C@H](O)C1)C(=O)N1CC[C@](O)(c2ccc(Cl)cc2)C(C)(C)C1. The minimum Gasteiger partial charge on any atom is -0.393 e. The number of halogens is 1. The quantitative estimate of drug-likeness (QED) is 0.662. The second-order valence-corrected chi connectivity index (χ2v) is 9.83. The van der Waals surface area contributed by atoms with Crippen molar-refractivity contribution in [2.24, 2.45) is 11.3 Å². The molecule has 0 spiro atoms. The first-order valence-corrected chi connectivity index (χ1v) is 11.2. The maximum absolute atomic E-state index is 13.2. The number of likely N-dealkylation sites (tertiary alicyclic amines) is 1. The summed E-state index contributed by atoms with van der Waals surface area (Å²) in [4.78, 5) is 27.5. The Bertz CT molecular complexity index is 782. The lowest BCUT2D eigenvalue weighted by Gasteiger charge is -2.51. The van der Waals surface area contributed by atoms with E-state index in [-0.39, 0.29) is 17.7 Å². The number of carbonyl (C=O) groups is 2. The lowest BCUT2D eigenvalue weighted by atomic mass is 9.66. The van der Waals surface area contributed by atoms with Crippen LogP contribution >= 0.6 is 11.6 Å². The van der Waals surface area contributed by atoms with Crippen LogP contribution in [-0.4, -0.2) is 52.2 Å². The number of nitrogens with zero attached hydrogens (tertiary/aromatic N) is 1. The van der Waals surface area contributed by atoms with Crippen LogP contribution in [0.3, 0.4) is 0 Å². The fraction of sp³-hybridized carbons (Fsp3) is 0.652. The third kappa shape index (κ3) is 4.51. The molecule has 0 unspecified atom stereocenters. The van der Waals surface area contributed by atoms with Crippen molar-refractivity contribution in [1.82, 2.24) is 10.2 Å². The molecule has 0 aromatic heterocycles. The van der Waals surface area contributed by atoms with Crippen LogP contribution in [0, 0.1) is 11.3 Å². The van der Waals surface area contributed by atoms with E-state index in [1.807, 2.05) is 32.9 Å². The summed E-state index contributed by atoms with van der Waals surface area (Å²) in [5.41, 5.74) is -0.851. The number of benzene rings is 1. The Labute approximate surface area is 183 Å². The minimum atomic E-state index is -1.07. The van der Waals surface area contributed by atoms with Gasteiger partial charge in [0, 0.05) is 29.4 Å². The van der Waals surface area contributed by atoms with Gasteiger partial charge in [0.25, 0.3) is 0 Å². The Morgan fingerprint density at radius 1 is 1.27 bits per heavy atom. The zero-order chi connectivity index (χ0) is 22.1. The van der Waals surface area contributed by atoms with E-state index in [9.17, 15) is 19.8 Å². The van der Waals surface area contributed by atoms with Gasteiger partial charge in [-0.1, -0.05) is 44.5 Å². The Kier molecular flexibility index (Phi) is 6.80. The molecule has 4 atom stereocenters. The summed E-state index contributed by atoms with van der Waals surface area (Å²) in [6, 6.07) is 6.63. The second kappa shape index (κ2) is 8.85. The molecule has 1 aliphatic heterocycles. The molecule has 3 N–H and O–H groups in total. The Hall–Kier alpha value is -1.63. The summed E-state index contributed by atoms with van der Waals surface area (Å²) in [5.74, 6) is -0.494. The standard InChI is InChI=1S/C23H33ClN2O4/c1-4-19(25-20(28)15-5-10-18(27)13-15)21(29)26-12-11-23(30,22(2,3)14-26)16-6-8-17(24)9-7-16/h6-9,15,18-19,27,30H,4-5,10-14H2,1-3H3,(H,25,28)/t15-,18-,19+,23-/m0/s1. The van der Waals surface area contributed by atoms with Gasteiger partial charge in [0.2, 0.25) is 11.8 Å².